The average Bonchev–Trinajstić information content (AvgIpc) is 2.22. The fourth-order valence-corrected chi connectivity index (χ4v) is 1.69. The molecule has 0 spiro atoms. The summed E-state index contributed by atoms with van der Waals surface area (Å²) in [4.78, 5) is 16.9. The van der Waals surface area contributed by atoms with Crippen molar-refractivity contribution >= 4 is 29.0 Å². The maximum Gasteiger partial charge on any atom is 0.236 e. The maximum absolute atomic E-state index is 11.0. The van der Waals surface area contributed by atoms with Gasteiger partial charge < -0.3 is 16.4 Å². The molecule has 0 fully saturated rings. The van der Waals surface area contributed by atoms with Crippen LogP contribution in [-0.4, -0.2) is 24.0 Å². The first kappa shape index (κ1) is 13.6. The SMILES string of the molecule is CCCCN(CC(N)=O)c1cc(N)cc(Cl)n1. The lowest BCUT2D eigenvalue weighted by molar-refractivity contribution is -0.116. The number of primary amides is 1. The second kappa shape index (κ2) is 6.30. The van der Waals surface area contributed by atoms with Gasteiger partial charge in [0, 0.05) is 18.3 Å². The second-order valence-corrected chi connectivity index (χ2v) is 4.21. The molecule has 0 saturated heterocycles. The molecule has 0 radical (unpaired) electrons. The summed E-state index contributed by atoms with van der Waals surface area (Å²) in [6.45, 7) is 2.89. The summed E-state index contributed by atoms with van der Waals surface area (Å²) in [5.74, 6) is 0.184. The van der Waals surface area contributed by atoms with E-state index in [4.69, 9.17) is 23.1 Å². The van der Waals surface area contributed by atoms with E-state index in [0.717, 1.165) is 12.8 Å². The summed E-state index contributed by atoms with van der Waals surface area (Å²) in [7, 11) is 0. The Balaban J connectivity index is 2.90. The monoisotopic (exact) mass is 256 g/mol. The summed E-state index contributed by atoms with van der Waals surface area (Å²) < 4.78 is 0. The molecule has 1 heterocycles. The quantitative estimate of drug-likeness (QED) is 0.754. The highest BCUT2D eigenvalue weighted by Gasteiger charge is 2.11. The molecular weight excluding hydrogens is 240 g/mol. The highest BCUT2D eigenvalue weighted by atomic mass is 35.5. The first-order valence-corrected chi connectivity index (χ1v) is 5.87. The number of aromatic nitrogens is 1. The van der Waals surface area contributed by atoms with Crippen LogP contribution in [0.4, 0.5) is 11.5 Å². The predicted molar refractivity (Wildman–Crippen MR) is 70.0 cm³/mol. The Morgan fingerprint density at radius 3 is 2.76 bits per heavy atom. The van der Waals surface area contributed by atoms with Crippen molar-refractivity contribution < 1.29 is 4.79 Å². The van der Waals surface area contributed by atoms with E-state index < -0.39 is 5.91 Å². The molecule has 0 saturated carbocycles. The Bertz CT molecular complexity index is 377. The first-order valence-electron chi connectivity index (χ1n) is 5.49. The van der Waals surface area contributed by atoms with Crippen LogP contribution in [0.2, 0.25) is 5.15 Å². The van der Waals surface area contributed by atoms with E-state index in [9.17, 15) is 4.79 Å². The maximum atomic E-state index is 11.0. The molecule has 94 valence electrons. The summed E-state index contributed by atoms with van der Waals surface area (Å²) in [5, 5.41) is 0.311. The van der Waals surface area contributed by atoms with E-state index in [1.165, 1.54) is 0 Å². The van der Waals surface area contributed by atoms with Gasteiger partial charge in [0.25, 0.3) is 0 Å². The molecule has 1 amide bonds. The molecule has 0 aliphatic rings. The van der Waals surface area contributed by atoms with E-state index in [1.807, 2.05) is 0 Å². The Kier molecular flexibility index (Phi) is 5.03. The lowest BCUT2D eigenvalue weighted by Crippen LogP contribution is -2.35. The van der Waals surface area contributed by atoms with Gasteiger partial charge in [0.05, 0.1) is 6.54 Å². The lowest BCUT2D eigenvalue weighted by Gasteiger charge is -2.22. The highest BCUT2D eigenvalue weighted by molar-refractivity contribution is 6.29. The largest absolute Gasteiger partial charge is 0.399 e. The van der Waals surface area contributed by atoms with Gasteiger partial charge in [-0.3, -0.25) is 4.79 Å². The molecule has 0 bridgehead atoms. The van der Waals surface area contributed by atoms with Gasteiger partial charge in [-0.25, -0.2) is 4.98 Å². The number of carbonyl (C=O) groups is 1. The zero-order valence-corrected chi connectivity index (χ0v) is 10.6. The smallest absolute Gasteiger partial charge is 0.236 e. The number of unbranched alkanes of at least 4 members (excludes halogenated alkanes) is 1. The number of nitrogens with two attached hydrogens (primary N) is 2. The molecule has 0 aliphatic heterocycles. The van der Waals surface area contributed by atoms with E-state index >= 15 is 0 Å². The summed E-state index contributed by atoms with van der Waals surface area (Å²) >= 11 is 5.83. The lowest BCUT2D eigenvalue weighted by atomic mass is 10.3. The standard InChI is InChI=1S/C11H17ClN4O/c1-2-3-4-16(7-10(14)17)11-6-8(13)5-9(12)15-11/h5-6H,2-4,7H2,1H3,(H2,13,15)(H2,14,17). The van der Waals surface area contributed by atoms with E-state index in [1.54, 1.807) is 17.0 Å². The molecule has 6 heteroatoms. The van der Waals surface area contributed by atoms with Gasteiger partial charge in [-0.2, -0.15) is 0 Å². The topological polar surface area (TPSA) is 85.2 Å². The minimum atomic E-state index is -0.401. The van der Waals surface area contributed by atoms with Crippen molar-refractivity contribution in [2.45, 2.75) is 19.8 Å². The van der Waals surface area contributed by atoms with Gasteiger partial charge in [-0.05, 0) is 12.5 Å². The van der Waals surface area contributed by atoms with E-state index in [-0.39, 0.29) is 6.54 Å². The Morgan fingerprint density at radius 1 is 1.53 bits per heavy atom. The Morgan fingerprint density at radius 2 is 2.24 bits per heavy atom. The molecule has 1 rings (SSSR count). The van der Waals surface area contributed by atoms with Crippen molar-refractivity contribution in [1.82, 2.24) is 4.98 Å². The summed E-state index contributed by atoms with van der Waals surface area (Å²) in [5.41, 5.74) is 11.4. The number of halogens is 1. The van der Waals surface area contributed by atoms with Crippen molar-refractivity contribution in [2.24, 2.45) is 5.73 Å². The minimum Gasteiger partial charge on any atom is -0.399 e. The molecule has 0 aromatic carbocycles. The van der Waals surface area contributed by atoms with Crippen molar-refractivity contribution in [1.29, 1.82) is 0 Å². The van der Waals surface area contributed by atoms with Gasteiger partial charge in [0.2, 0.25) is 5.91 Å². The molecule has 5 nitrogen and oxygen atoms in total. The molecule has 0 unspecified atom stereocenters. The third kappa shape index (κ3) is 4.48. The zero-order valence-electron chi connectivity index (χ0n) is 9.82. The number of carbonyl (C=O) groups excluding carboxylic acids is 1. The van der Waals surface area contributed by atoms with E-state index in [2.05, 4.69) is 11.9 Å². The fourth-order valence-electron chi connectivity index (χ4n) is 1.48. The van der Waals surface area contributed by atoms with Crippen LogP contribution in [0.3, 0.4) is 0 Å². The zero-order chi connectivity index (χ0) is 12.8. The molecule has 17 heavy (non-hydrogen) atoms. The number of anilines is 2. The van der Waals surface area contributed by atoms with Gasteiger partial charge in [-0.15, -0.1) is 0 Å². The minimum absolute atomic E-state index is 0.118. The van der Waals surface area contributed by atoms with Crippen LogP contribution in [0.5, 0.6) is 0 Å². The second-order valence-electron chi connectivity index (χ2n) is 3.82. The molecule has 1 aromatic heterocycles. The number of hydrogen-bond donors (Lipinski definition) is 2. The molecule has 0 atom stereocenters. The number of amides is 1. The van der Waals surface area contributed by atoms with Crippen LogP contribution < -0.4 is 16.4 Å². The fraction of sp³-hybridized carbons (Fsp3) is 0.455. The van der Waals surface area contributed by atoms with Crippen molar-refractivity contribution in [2.75, 3.05) is 23.7 Å². The third-order valence-corrected chi connectivity index (χ3v) is 2.45. The summed E-state index contributed by atoms with van der Waals surface area (Å²) in [6, 6.07) is 3.25. The van der Waals surface area contributed by atoms with Crippen molar-refractivity contribution in [3.63, 3.8) is 0 Å². The van der Waals surface area contributed by atoms with Crippen LogP contribution in [0, 0.1) is 0 Å². The van der Waals surface area contributed by atoms with Gasteiger partial charge >= 0.3 is 0 Å². The van der Waals surface area contributed by atoms with Crippen molar-refractivity contribution in [3.8, 4) is 0 Å². The van der Waals surface area contributed by atoms with E-state index in [0.29, 0.717) is 23.2 Å². The number of hydrogen-bond acceptors (Lipinski definition) is 4. The molecule has 0 aliphatic carbocycles. The van der Waals surface area contributed by atoms with Gasteiger partial charge in [0.15, 0.2) is 0 Å². The molecule has 4 N–H and O–H groups in total. The van der Waals surface area contributed by atoms with Crippen LogP contribution in [-0.2, 0) is 4.79 Å². The number of rotatable bonds is 6. The van der Waals surface area contributed by atoms with Crippen LogP contribution in [0.1, 0.15) is 19.8 Å². The molecular formula is C11H17ClN4O. The first-order chi connectivity index (χ1) is 8.02. The number of nitrogen functional groups attached to an aromatic ring is 1. The van der Waals surface area contributed by atoms with Gasteiger partial charge in [-0.1, -0.05) is 24.9 Å². The highest BCUT2D eigenvalue weighted by Crippen LogP contribution is 2.19. The van der Waals surface area contributed by atoms with Crippen LogP contribution >= 0.6 is 11.6 Å². The summed E-state index contributed by atoms with van der Waals surface area (Å²) in [6.07, 6.45) is 1.96. The normalized spacial score (nSPS) is 10.2. The number of nitrogens with zero attached hydrogens (tertiary/aromatic N) is 2. The number of pyridine rings is 1. The Labute approximate surface area is 106 Å². The predicted octanol–water partition coefficient (Wildman–Crippen LogP) is 1.41. The Hall–Kier alpha value is -1.49. The van der Waals surface area contributed by atoms with Gasteiger partial charge in [0.1, 0.15) is 11.0 Å². The average molecular weight is 257 g/mol. The van der Waals surface area contributed by atoms with Crippen LogP contribution in [0.15, 0.2) is 12.1 Å². The third-order valence-electron chi connectivity index (χ3n) is 2.26. The van der Waals surface area contributed by atoms with Crippen LogP contribution in [0.25, 0.3) is 0 Å². The van der Waals surface area contributed by atoms with Crippen molar-refractivity contribution in [3.05, 3.63) is 17.3 Å². The molecule has 1 aromatic rings.